The molecule has 0 aliphatic carbocycles. The van der Waals surface area contributed by atoms with Gasteiger partial charge in [-0.25, -0.2) is 10.2 Å². The van der Waals surface area contributed by atoms with Crippen LogP contribution in [0, 0.1) is 0 Å². The third-order valence-electron chi connectivity index (χ3n) is 3.40. The summed E-state index contributed by atoms with van der Waals surface area (Å²) in [4.78, 5) is 12.1. The fourth-order valence-electron chi connectivity index (χ4n) is 2.28. The van der Waals surface area contributed by atoms with Gasteiger partial charge in [0.1, 0.15) is 0 Å². The number of benzene rings is 3. The first-order chi connectivity index (χ1) is 11.8. The molecule has 0 heterocycles. The molecular weight excluding hydrogens is 298 g/mol. The summed E-state index contributed by atoms with van der Waals surface area (Å²) in [6.07, 6.45) is 0. The van der Waals surface area contributed by atoms with E-state index in [9.17, 15) is 4.79 Å². The highest BCUT2D eigenvalue weighted by atomic mass is 16.2. The fraction of sp³-hybridized carbons (Fsp3) is 0. The summed E-state index contributed by atoms with van der Waals surface area (Å²) in [5, 5.41) is 7.06. The van der Waals surface area contributed by atoms with Crippen LogP contribution in [0.2, 0.25) is 0 Å². The summed E-state index contributed by atoms with van der Waals surface area (Å²) in [5.74, 6) is 0. The van der Waals surface area contributed by atoms with Crippen LogP contribution in [0.25, 0.3) is 0 Å². The normalized spacial score (nSPS) is 9.83. The molecule has 0 aliphatic heterocycles. The Bertz CT molecular complexity index is 774. The van der Waals surface area contributed by atoms with Crippen LogP contribution in [0.4, 0.5) is 10.5 Å². The molecule has 0 saturated heterocycles. The molecule has 118 valence electrons. The summed E-state index contributed by atoms with van der Waals surface area (Å²) in [6.45, 7) is 0. The Morgan fingerprint density at radius 1 is 0.667 bits per heavy atom. The van der Waals surface area contributed by atoms with Crippen LogP contribution < -0.4 is 10.7 Å². The smallest absolute Gasteiger partial charge is 0.307 e. The molecule has 0 aromatic heterocycles. The second kappa shape index (κ2) is 7.74. The van der Waals surface area contributed by atoms with Crippen molar-refractivity contribution in [1.29, 1.82) is 0 Å². The van der Waals surface area contributed by atoms with Crippen molar-refractivity contribution in [3.8, 4) is 0 Å². The third kappa shape index (κ3) is 4.08. The maximum Gasteiger partial charge on any atom is 0.339 e. The van der Waals surface area contributed by atoms with Gasteiger partial charge in [-0.05, 0) is 12.1 Å². The molecule has 3 aromatic carbocycles. The second-order valence-corrected chi connectivity index (χ2v) is 5.12. The first-order valence-corrected chi connectivity index (χ1v) is 7.63. The third-order valence-corrected chi connectivity index (χ3v) is 3.40. The largest absolute Gasteiger partial charge is 0.339 e. The van der Waals surface area contributed by atoms with Crippen molar-refractivity contribution < 1.29 is 4.79 Å². The Labute approximate surface area is 140 Å². The molecular formula is C20H17N3O. The number of carbonyl (C=O) groups excluding carboxylic acids is 1. The molecule has 0 radical (unpaired) electrons. The van der Waals surface area contributed by atoms with Gasteiger partial charge < -0.3 is 5.32 Å². The lowest BCUT2D eigenvalue weighted by Gasteiger charge is -2.09. The molecule has 0 spiro atoms. The number of urea groups is 1. The minimum atomic E-state index is -0.384. The van der Waals surface area contributed by atoms with Crippen molar-refractivity contribution in [2.45, 2.75) is 0 Å². The Hall–Kier alpha value is -3.40. The van der Waals surface area contributed by atoms with Gasteiger partial charge in [0.05, 0.1) is 5.71 Å². The number of hydrazone groups is 1. The molecule has 4 heteroatoms. The lowest BCUT2D eigenvalue weighted by Crippen LogP contribution is -2.25. The van der Waals surface area contributed by atoms with Crippen LogP contribution in [0.1, 0.15) is 11.1 Å². The summed E-state index contributed by atoms with van der Waals surface area (Å²) in [5.41, 5.74) is 5.86. The lowest BCUT2D eigenvalue weighted by molar-refractivity contribution is 0.252. The number of anilines is 1. The van der Waals surface area contributed by atoms with Crippen molar-refractivity contribution in [3.05, 3.63) is 102 Å². The van der Waals surface area contributed by atoms with Gasteiger partial charge in [-0.2, -0.15) is 5.10 Å². The zero-order valence-electron chi connectivity index (χ0n) is 13.0. The predicted octanol–water partition coefficient (Wildman–Crippen LogP) is 4.26. The number of nitrogens with one attached hydrogen (secondary N) is 2. The summed E-state index contributed by atoms with van der Waals surface area (Å²) >= 11 is 0. The topological polar surface area (TPSA) is 53.5 Å². The molecule has 0 saturated carbocycles. The molecule has 0 bridgehead atoms. The predicted molar refractivity (Wildman–Crippen MR) is 97.1 cm³/mol. The minimum absolute atomic E-state index is 0.384. The van der Waals surface area contributed by atoms with E-state index in [1.165, 1.54) is 0 Å². The van der Waals surface area contributed by atoms with Gasteiger partial charge in [0.15, 0.2) is 0 Å². The lowest BCUT2D eigenvalue weighted by atomic mass is 10.0. The Kier molecular flexibility index (Phi) is 5.00. The number of carbonyl (C=O) groups is 1. The number of hydrogen-bond donors (Lipinski definition) is 2. The SMILES string of the molecule is O=C(NN=C(c1ccccc1)c1ccccc1)Nc1ccccc1. The van der Waals surface area contributed by atoms with Crippen LogP contribution in [-0.2, 0) is 0 Å². The average Bonchev–Trinajstić information content (AvgIpc) is 2.64. The van der Waals surface area contributed by atoms with Crippen molar-refractivity contribution in [1.82, 2.24) is 5.43 Å². The molecule has 4 nitrogen and oxygen atoms in total. The number of nitrogens with zero attached hydrogens (tertiary/aromatic N) is 1. The van der Waals surface area contributed by atoms with Gasteiger partial charge in [-0.15, -0.1) is 0 Å². The summed E-state index contributed by atoms with van der Waals surface area (Å²) < 4.78 is 0. The van der Waals surface area contributed by atoms with Crippen LogP contribution in [-0.4, -0.2) is 11.7 Å². The first-order valence-electron chi connectivity index (χ1n) is 7.63. The van der Waals surface area contributed by atoms with Crippen molar-refractivity contribution in [2.75, 3.05) is 5.32 Å². The zero-order chi connectivity index (χ0) is 16.6. The Morgan fingerprint density at radius 2 is 1.12 bits per heavy atom. The van der Waals surface area contributed by atoms with Crippen LogP contribution in [0.5, 0.6) is 0 Å². The minimum Gasteiger partial charge on any atom is -0.307 e. The van der Waals surface area contributed by atoms with Gasteiger partial charge in [0, 0.05) is 16.8 Å². The Morgan fingerprint density at radius 3 is 1.62 bits per heavy atom. The average molecular weight is 315 g/mol. The molecule has 2 amide bonds. The molecule has 3 aromatic rings. The van der Waals surface area contributed by atoms with Crippen LogP contribution >= 0.6 is 0 Å². The molecule has 0 aliphatic rings. The summed E-state index contributed by atoms with van der Waals surface area (Å²) in [7, 11) is 0. The van der Waals surface area contributed by atoms with E-state index in [2.05, 4.69) is 15.8 Å². The van der Waals surface area contributed by atoms with Crippen LogP contribution in [0.3, 0.4) is 0 Å². The number of amides is 2. The second-order valence-electron chi connectivity index (χ2n) is 5.12. The number of para-hydroxylation sites is 1. The van der Waals surface area contributed by atoms with E-state index in [1.54, 1.807) is 0 Å². The molecule has 24 heavy (non-hydrogen) atoms. The first kappa shape index (κ1) is 15.5. The monoisotopic (exact) mass is 315 g/mol. The van der Waals surface area contributed by atoms with Gasteiger partial charge in [0.25, 0.3) is 0 Å². The van der Waals surface area contributed by atoms with E-state index in [4.69, 9.17) is 0 Å². The van der Waals surface area contributed by atoms with E-state index in [0.717, 1.165) is 11.1 Å². The molecule has 2 N–H and O–H groups in total. The highest BCUT2D eigenvalue weighted by Gasteiger charge is 2.07. The van der Waals surface area contributed by atoms with E-state index in [-0.39, 0.29) is 6.03 Å². The standard InChI is InChI=1S/C20H17N3O/c24-20(21-18-14-8-3-9-15-18)23-22-19(16-10-4-1-5-11-16)17-12-6-2-7-13-17/h1-15H,(H2,21,23,24). The van der Waals surface area contributed by atoms with Gasteiger partial charge in [-0.3, -0.25) is 0 Å². The Balaban J connectivity index is 1.81. The maximum atomic E-state index is 12.1. The quantitative estimate of drug-likeness (QED) is 0.548. The van der Waals surface area contributed by atoms with E-state index in [0.29, 0.717) is 11.4 Å². The maximum absolute atomic E-state index is 12.1. The van der Waals surface area contributed by atoms with E-state index < -0.39 is 0 Å². The fourth-order valence-corrected chi connectivity index (χ4v) is 2.28. The van der Waals surface area contributed by atoms with E-state index >= 15 is 0 Å². The molecule has 0 unspecified atom stereocenters. The van der Waals surface area contributed by atoms with Crippen molar-refractivity contribution in [2.24, 2.45) is 5.10 Å². The zero-order valence-corrected chi connectivity index (χ0v) is 13.0. The molecule has 3 rings (SSSR count). The number of rotatable bonds is 4. The van der Waals surface area contributed by atoms with E-state index in [1.807, 2.05) is 91.0 Å². The van der Waals surface area contributed by atoms with Crippen molar-refractivity contribution >= 4 is 17.4 Å². The van der Waals surface area contributed by atoms with Crippen molar-refractivity contribution in [3.63, 3.8) is 0 Å². The van der Waals surface area contributed by atoms with Gasteiger partial charge in [-0.1, -0.05) is 78.9 Å². The van der Waals surface area contributed by atoms with Crippen LogP contribution in [0.15, 0.2) is 96.1 Å². The molecule has 0 atom stereocenters. The number of hydrogen-bond acceptors (Lipinski definition) is 2. The van der Waals surface area contributed by atoms with Gasteiger partial charge in [0.2, 0.25) is 0 Å². The highest BCUT2D eigenvalue weighted by Crippen LogP contribution is 2.10. The highest BCUT2D eigenvalue weighted by molar-refractivity contribution is 6.13. The molecule has 0 fully saturated rings. The van der Waals surface area contributed by atoms with Gasteiger partial charge >= 0.3 is 6.03 Å². The summed E-state index contributed by atoms with van der Waals surface area (Å²) in [6, 6.07) is 28.4.